The maximum absolute atomic E-state index is 12.2. The topological polar surface area (TPSA) is 37.3 Å². The van der Waals surface area contributed by atoms with Crippen LogP contribution >= 0.6 is 0 Å². The lowest BCUT2D eigenvalue weighted by Gasteiger charge is -2.29. The van der Waals surface area contributed by atoms with Crippen molar-refractivity contribution in [2.24, 2.45) is 5.41 Å². The van der Waals surface area contributed by atoms with E-state index in [0.29, 0.717) is 0 Å². The van der Waals surface area contributed by atoms with Gasteiger partial charge in [-0.05, 0) is 26.7 Å². The highest BCUT2D eigenvalue weighted by Gasteiger charge is 2.33. The van der Waals surface area contributed by atoms with Crippen LogP contribution in [0.25, 0.3) is 0 Å². The van der Waals surface area contributed by atoms with E-state index in [4.69, 9.17) is 0 Å². The van der Waals surface area contributed by atoms with Gasteiger partial charge in [-0.3, -0.25) is 4.79 Å². The lowest BCUT2D eigenvalue weighted by Crippen LogP contribution is -2.34. The van der Waals surface area contributed by atoms with Crippen molar-refractivity contribution in [1.82, 2.24) is 0 Å². The van der Waals surface area contributed by atoms with Crippen LogP contribution in [0.15, 0.2) is 0 Å². The largest absolute Gasteiger partial charge is 0.390 e. The Morgan fingerprint density at radius 3 is 2.06 bits per heavy atom. The van der Waals surface area contributed by atoms with Crippen molar-refractivity contribution < 1.29 is 9.90 Å². The average molecular weight is 242 g/mol. The van der Waals surface area contributed by atoms with Gasteiger partial charge in [0.05, 0.1) is 5.60 Å². The Morgan fingerprint density at radius 2 is 1.65 bits per heavy atom. The molecule has 0 rings (SSSR count). The van der Waals surface area contributed by atoms with E-state index in [1.165, 1.54) is 19.3 Å². The summed E-state index contributed by atoms with van der Waals surface area (Å²) in [5, 5.41) is 9.74. The Kier molecular flexibility index (Phi) is 6.99. The molecule has 1 unspecified atom stereocenters. The Balaban J connectivity index is 4.29. The van der Waals surface area contributed by atoms with Gasteiger partial charge in [0.1, 0.15) is 5.78 Å². The quantitative estimate of drug-likeness (QED) is 0.618. The molecule has 0 amide bonds. The van der Waals surface area contributed by atoms with Crippen LogP contribution in [0.4, 0.5) is 0 Å². The van der Waals surface area contributed by atoms with Gasteiger partial charge in [-0.15, -0.1) is 0 Å². The zero-order valence-corrected chi connectivity index (χ0v) is 12.3. The van der Waals surface area contributed by atoms with Crippen molar-refractivity contribution in [3.63, 3.8) is 0 Å². The number of carbonyl (C=O) groups is 1. The first-order valence-electron chi connectivity index (χ1n) is 7.01. The van der Waals surface area contributed by atoms with E-state index < -0.39 is 5.60 Å². The molecule has 102 valence electrons. The van der Waals surface area contributed by atoms with Gasteiger partial charge in [-0.2, -0.15) is 0 Å². The van der Waals surface area contributed by atoms with Crippen LogP contribution in [0.3, 0.4) is 0 Å². The Morgan fingerprint density at radius 1 is 1.06 bits per heavy atom. The van der Waals surface area contributed by atoms with Gasteiger partial charge in [0.25, 0.3) is 0 Å². The fourth-order valence-electron chi connectivity index (χ4n) is 2.06. The molecule has 0 saturated carbocycles. The lowest BCUT2D eigenvalue weighted by molar-refractivity contribution is -0.132. The highest BCUT2D eigenvalue weighted by Crippen LogP contribution is 2.32. The van der Waals surface area contributed by atoms with Crippen molar-refractivity contribution >= 4 is 5.78 Å². The molecule has 0 aliphatic rings. The summed E-state index contributed by atoms with van der Waals surface area (Å²) < 4.78 is 0. The van der Waals surface area contributed by atoms with Gasteiger partial charge in [-0.25, -0.2) is 0 Å². The molecule has 0 aliphatic carbocycles. The van der Waals surface area contributed by atoms with Gasteiger partial charge in [0.15, 0.2) is 0 Å². The summed E-state index contributed by atoms with van der Waals surface area (Å²) in [4.78, 5) is 12.2. The van der Waals surface area contributed by atoms with Crippen LogP contribution in [0.2, 0.25) is 0 Å². The minimum absolute atomic E-state index is 0.212. The van der Waals surface area contributed by atoms with Gasteiger partial charge < -0.3 is 5.11 Å². The zero-order valence-electron chi connectivity index (χ0n) is 12.3. The number of carbonyl (C=O) groups excluding carboxylic acids is 1. The number of Topliss-reactive ketones (excluding diaryl/α,β-unsaturated/α-hetero) is 1. The highest BCUT2D eigenvalue weighted by molar-refractivity contribution is 5.85. The van der Waals surface area contributed by atoms with Crippen LogP contribution in [-0.4, -0.2) is 16.5 Å². The molecule has 0 aromatic heterocycles. The second-order valence-corrected chi connectivity index (χ2v) is 6.14. The molecule has 0 fully saturated rings. The van der Waals surface area contributed by atoms with Crippen molar-refractivity contribution in [2.45, 2.75) is 85.2 Å². The maximum atomic E-state index is 12.2. The monoisotopic (exact) mass is 242 g/mol. The van der Waals surface area contributed by atoms with Crippen molar-refractivity contribution in [2.75, 3.05) is 0 Å². The molecule has 1 N–H and O–H groups in total. The molecular weight excluding hydrogens is 212 g/mol. The smallest absolute Gasteiger partial charge is 0.141 e. The minimum atomic E-state index is -0.878. The van der Waals surface area contributed by atoms with Crippen molar-refractivity contribution in [1.29, 1.82) is 0 Å². The summed E-state index contributed by atoms with van der Waals surface area (Å²) in [5.74, 6) is 0.212. The number of aliphatic hydroxyl groups is 1. The van der Waals surface area contributed by atoms with E-state index in [1.807, 2.05) is 6.92 Å². The van der Waals surface area contributed by atoms with Gasteiger partial charge >= 0.3 is 0 Å². The first-order chi connectivity index (χ1) is 7.75. The number of hydrogen-bond acceptors (Lipinski definition) is 2. The lowest BCUT2D eigenvalue weighted by atomic mass is 9.75. The molecular formula is C15H30O2. The first kappa shape index (κ1) is 16.6. The zero-order chi connectivity index (χ0) is 13.5. The first-order valence-corrected chi connectivity index (χ1v) is 7.01. The molecule has 0 heterocycles. The maximum Gasteiger partial charge on any atom is 0.141 e. The van der Waals surface area contributed by atoms with Gasteiger partial charge in [0.2, 0.25) is 0 Å². The van der Waals surface area contributed by atoms with Gasteiger partial charge in [0, 0.05) is 11.8 Å². The molecule has 0 aromatic carbocycles. The van der Waals surface area contributed by atoms with E-state index in [2.05, 4.69) is 13.8 Å². The van der Waals surface area contributed by atoms with Crippen LogP contribution in [-0.2, 0) is 4.79 Å². The fraction of sp³-hybridized carbons (Fsp3) is 0.933. The van der Waals surface area contributed by atoms with E-state index >= 15 is 0 Å². The third-order valence-corrected chi connectivity index (χ3v) is 3.63. The molecule has 0 bridgehead atoms. The summed E-state index contributed by atoms with van der Waals surface area (Å²) in [6.45, 7) is 9.73. The normalized spacial score (nSPS) is 15.6. The summed E-state index contributed by atoms with van der Waals surface area (Å²) in [6, 6.07) is 0. The standard InChI is InChI=1S/C15H30O2/c1-6-8-9-10-11-15(5,7-2)13(16)12-14(3,4)17/h17H,6-12H2,1-5H3. The van der Waals surface area contributed by atoms with Crippen LogP contribution < -0.4 is 0 Å². The molecule has 0 radical (unpaired) electrons. The number of ketones is 1. The average Bonchev–Trinajstić information content (AvgIpc) is 2.21. The van der Waals surface area contributed by atoms with Crippen LogP contribution in [0, 0.1) is 5.41 Å². The van der Waals surface area contributed by atoms with E-state index in [1.54, 1.807) is 13.8 Å². The third-order valence-electron chi connectivity index (χ3n) is 3.63. The Bertz CT molecular complexity index is 228. The summed E-state index contributed by atoms with van der Waals surface area (Å²) in [6.07, 6.45) is 6.90. The Hall–Kier alpha value is -0.370. The fourth-order valence-corrected chi connectivity index (χ4v) is 2.06. The van der Waals surface area contributed by atoms with E-state index in [9.17, 15) is 9.90 Å². The second-order valence-electron chi connectivity index (χ2n) is 6.14. The number of rotatable bonds is 9. The van der Waals surface area contributed by atoms with Gasteiger partial charge in [-0.1, -0.05) is 46.5 Å². The summed E-state index contributed by atoms with van der Waals surface area (Å²) >= 11 is 0. The van der Waals surface area contributed by atoms with E-state index in [0.717, 1.165) is 19.3 Å². The molecule has 17 heavy (non-hydrogen) atoms. The summed E-state index contributed by atoms with van der Waals surface area (Å²) in [5.41, 5.74) is -1.12. The molecule has 0 spiro atoms. The minimum Gasteiger partial charge on any atom is -0.390 e. The second kappa shape index (κ2) is 7.15. The molecule has 0 aromatic rings. The van der Waals surface area contributed by atoms with Crippen molar-refractivity contribution in [3.8, 4) is 0 Å². The molecule has 2 heteroatoms. The Labute approximate surface area is 107 Å². The molecule has 1 atom stereocenters. The van der Waals surface area contributed by atoms with E-state index in [-0.39, 0.29) is 17.6 Å². The molecule has 0 saturated heterocycles. The van der Waals surface area contributed by atoms with Crippen LogP contribution in [0.5, 0.6) is 0 Å². The highest BCUT2D eigenvalue weighted by atomic mass is 16.3. The van der Waals surface area contributed by atoms with Crippen molar-refractivity contribution in [3.05, 3.63) is 0 Å². The predicted octanol–water partition coefficient (Wildman–Crippen LogP) is 4.10. The SMILES string of the molecule is CCCCCCC(C)(CC)C(=O)CC(C)(C)O. The predicted molar refractivity (Wildman–Crippen MR) is 73.1 cm³/mol. The number of hydrogen-bond donors (Lipinski definition) is 1. The third kappa shape index (κ3) is 6.82. The molecule has 2 nitrogen and oxygen atoms in total. The summed E-state index contributed by atoms with van der Waals surface area (Å²) in [7, 11) is 0. The molecule has 0 aliphatic heterocycles. The number of unbranched alkanes of at least 4 members (excludes halogenated alkanes) is 3. The van der Waals surface area contributed by atoms with Crippen LogP contribution in [0.1, 0.15) is 79.6 Å².